The molecule has 4 atom stereocenters. The third-order valence-corrected chi connectivity index (χ3v) is 8.35. The maximum absolute atomic E-state index is 14.4. The zero-order chi connectivity index (χ0) is 34.7. The van der Waals surface area contributed by atoms with E-state index >= 15 is 0 Å². The Morgan fingerprint density at radius 3 is 2.23 bits per heavy atom. The number of ketones is 2. The molecular formula is C34H48N6O7. The molecule has 2 fully saturated rings. The quantitative estimate of drug-likeness (QED) is 0.210. The summed E-state index contributed by atoms with van der Waals surface area (Å²) in [5.41, 5.74) is -1.94. The summed E-state index contributed by atoms with van der Waals surface area (Å²) in [6, 6.07) is 4.75. The number of nitrogens with zero attached hydrogens (tertiary/aromatic N) is 2. The standard InChI is InChI=1S/C34H48N6O7/c1-8-12-22(26(42)29(44)35-21-15-16-21)36-28(43)24-18-34(17-23(39-47-34)25(41)20-13-10-9-11-14-20)19-40(24)30(45)27(32(2,3)4)37-31(46)38-33(5,6)7/h9-11,13-14,21-22,24,27H,8,12,15-19H2,1-7H3,(H,35,44)(H,36,43)(H2,37,38,46)/t22-,24-,27+,34?/m0/s1. The fourth-order valence-electron chi connectivity index (χ4n) is 5.80. The van der Waals surface area contributed by atoms with Gasteiger partial charge in [-0.05, 0) is 45.4 Å². The van der Waals surface area contributed by atoms with Crippen LogP contribution in [0.2, 0.25) is 0 Å². The second kappa shape index (κ2) is 13.8. The molecule has 0 bridgehead atoms. The predicted octanol–water partition coefficient (Wildman–Crippen LogP) is 2.63. The Labute approximate surface area is 276 Å². The number of likely N-dealkylation sites (tertiary alicyclic amines) is 1. The van der Waals surface area contributed by atoms with Crippen LogP contribution in [-0.4, -0.2) is 87.8 Å². The molecule has 256 valence electrons. The van der Waals surface area contributed by atoms with Crippen LogP contribution in [0, 0.1) is 5.41 Å². The molecule has 2 heterocycles. The summed E-state index contributed by atoms with van der Waals surface area (Å²) in [6.07, 6.45) is 2.38. The molecule has 4 N–H and O–H groups in total. The van der Waals surface area contributed by atoms with Crippen molar-refractivity contribution in [3.05, 3.63) is 35.9 Å². The van der Waals surface area contributed by atoms with E-state index in [1.165, 1.54) is 4.90 Å². The Balaban J connectivity index is 1.61. The maximum atomic E-state index is 14.4. The average molecular weight is 653 g/mol. The largest absolute Gasteiger partial charge is 0.386 e. The number of Topliss-reactive ketones (excluding diaryl/α,β-unsaturated/α-hetero) is 2. The lowest BCUT2D eigenvalue weighted by Crippen LogP contribution is -2.61. The molecule has 0 aromatic heterocycles. The first-order valence-electron chi connectivity index (χ1n) is 16.3. The maximum Gasteiger partial charge on any atom is 0.315 e. The number of hydrogen-bond donors (Lipinski definition) is 4. The number of urea groups is 1. The van der Waals surface area contributed by atoms with E-state index in [0.717, 1.165) is 12.8 Å². The molecule has 1 unspecified atom stereocenters. The smallest absolute Gasteiger partial charge is 0.315 e. The highest BCUT2D eigenvalue weighted by Crippen LogP contribution is 2.39. The average Bonchev–Trinajstić information content (AvgIpc) is 3.58. The molecule has 13 nitrogen and oxygen atoms in total. The molecule has 1 spiro atoms. The third-order valence-electron chi connectivity index (χ3n) is 8.35. The molecule has 2 aliphatic heterocycles. The van der Waals surface area contributed by atoms with Gasteiger partial charge in [-0.15, -0.1) is 0 Å². The first-order chi connectivity index (χ1) is 21.9. The van der Waals surface area contributed by atoms with Crippen molar-refractivity contribution in [1.29, 1.82) is 0 Å². The Hall–Kier alpha value is -4.29. The van der Waals surface area contributed by atoms with Crippen LogP contribution in [0.1, 0.15) is 97.3 Å². The highest BCUT2D eigenvalue weighted by molar-refractivity contribution is 6.46. The summed E-state index contributed by atoms with van der Waals surface area (Å²) >= 11 is 0. The van der Waals surface area contributed by atoms with Crippen molar-refractivity contribution in [3.8, 4) is 0 Å². The number of oxime groups is 1. The minimum atomic E-state index is -1.19. The van der Waals surface area contributed by atoms with Crippen molar-refractivity contribution in [1.82, 2.24) is 26.2 Å². The Bertz CT molecular complexity index is 1430. The van der Waals surface area contributed by atoms with E-state index in [-0.39, 0.29) is 43.3 Å². The number of hydrogen-bond acceptors (Lipinski definition) is 8. The van der Waals surface area contributed by atoms with Crippen LogP contribution in [-0.2, 0) is 24.0 Å². The predicted molar refractivity (Wildman–Crippen MR) is 174 cm³/mol. The van der Waals surface area contributed by atoms with Crippen molar-refractivity contribution < 1.29 is 33.6 Å². The zero-order valence-corrected chi connectivity index (χ0v) is 28.4. The molecule has 47 heavy (non-hydrogen) atoms. The number of carbonyl (C=O) groups excluding carboxylic acids is 6. The summed E-state index contributed by atoms with van der Waals surface area (Å²) in [5.74, 6) is -2.99. The number of benzene rings is 1. The molecule has 3 aliphatic rings. The Morgan fingerprint density at radius 2 is 1.66 bits per heavy atom. The van der Waals surface area contributed by atoms with Gasteiger partial charge in [0.2, 0.25) is 23.4 Å². The fraction of sp³-hybridized carbons (Fsp3) is 0.618. The normalized spacial score (nSPS) is 22.1. The van der Waals surface area contributed by atoms with Crippen molar-refractivity contribution in [2.45, 2.75) is 122 Å². The van der Waals surface area contributed by atoms with E-state index in [0.29, 0.717) is 12.0 Å². The number of nitrogens with one attached hydrogen (secondary N) is 4. The second-order valence-electron chi connectivity index (χ2n) is 15.0. The molecule has 1 aromatic rings. The monoisotopic (exact) mass is 652 g/mol. The SMILES string of the molecule is CCC[C@H](NC(=O)[C@@H]1CC2(CC(C(=O)c3ccccc3)=NO2)CN1C(=O)[C@@H](NC(=O)NC(C)(C)C)C(C)(C)C)C(=O)C(=O)NC1CC1. The number of amides is 5. The summed E-state index contributed by atoms with van der Waals surface area (Å²) in [7, 11) is 0. The Kier molecular flexibility index (Phi) is 10.5. The van der Waals surface area contributed by atoms with Gasteiger partial charge in [-0.2, -0.15) is 0 Å². The van der Waals surface area contributed by atoms with E-state index in [2.05, 4.69) is 26.4 Å². The van der Waals surface area contributed by atoms with Gasteiger partial charge in [0.25, 0.3) is 5.91 Å². The van der Waals surface area contributed by atoms with Crippen LogP contribution in [0.4, 0.5) is 4.79 Å². The molecule has 13 heteroatoms. The Morgan fingerprint density at radius 1 is 1.00 bits per heavy atom. The van der Waals surface area contributed by atoms with Crippen molar-refractivity contribution in [3.63, 3.8) is 0 Å². The van der Waals surface area contributed by atoms with E-state index < -0.39 is 64.2 Å². The van der Waals surface area contributed by atoms with Crippen molar-refractivity contribution in [2.24, 2.45) is 10.6 Å². The molecule has 1 saturated heterocycles. The van der Waals surface area contributed by atoms with Gasteiger partial charge in [0, 0.05) is 30.0 Å². The number of carbonyl (C=O) groups is 6. The van der Waals surface area contributed by atoms with E-state index in [9.17, 15) is 28.8 Å². The van der Waals surface area contributed by atoms with Crippen LogP contribution in [0.25, 0.3) is 0 Å². The molecule has 1 aromatic carbocycles. The second-order valence-corrected chi connectivity index (χ2v) is 15.0. The minimum Gasteiger partial charge on any atom is -0.386 e. The van der Waals surface area contributed by atoms with Crippen LogP contribution in [0.15, 0.2) is 35.5 Å². The summed E-state index contributed by atoms with van der Waals surface area (Å²) in [4.78, 5) is 87.5. The number of rotatable bonds is 11. The lowest BCUT2D eigenvalue weighted by molar-refractivity contribution is -0.144. The highest BCUT2D eigenvalue weighted by Gasteiger charge is 2.56. The van der Waals surface area contributed by atoms with Gasteiger partial charge in [0.1, 0.15) is 17.8 Å². The van der Waals surface area contributed by atoms with Gasteiger partial charge in [0.05, 0.1) is 12.6 Å². The van der Waals surface area contributed by atoms with Crippen LogP contribution in [0.3, 0.4) is 0 Å². The van der Waals surface area contributed by atoms with Crippen molar-refractivity contribution in [2.75, 3.05) is 6.54 Å². The van der Waals surface area contributed by atoms with Gasteiger partial charge < -0.3 is 31.0 Å². The summed E-state index contributed by atoms with van der Waals surface area (Å²) in [5, 5.41) is 15.1. The van der Waals surface area contributed by atoms with E-state index in [1.807, 2.05) is 27.7 Å². The molecule has 1 saturated carbocycles. The lowest BCUT2D eigenvalue weighted by Gasteiger charge is -2.36. The topological polar surface area (TPSA) is 175 Å². The van der Waals surface area contributed by atoms with E-state index in [4.69, 9.17) is 4.84 Å². The molecular weight excluding hydrogens is 604 g/mol. The minimum absolute atomic E-state index is 0.0218. The first-order valence-corrected chi connectivity index (χ1v) is 16.3. The van der Waals surface area contributed by atoms with E-state index in [1.54, 1.807) is 51.1 Å². The highest BCUT2D eigenvalue weighted by atomic mass is 16.7. The van der Waals surface area contributed by atoms with Gasteiger partial charge in [-0.25, -0.2) is 4.79 Å². The summed E-state index contributed by atoms with van der Waals surface area (Å²) < 4.78 is 0. The third kappa shape index (κ3) is 8.95. The van der Waals surface area contributed by atoms with Gasteiger partial charge in [-0.3, -0.25) is 24.0 Å². The van der Waals surface area contributed by atoms with Crippen LogP contribution < -0.4 is 21.3 Å². The van der Waals surface area contributed by atoms with Crippen molar-refractivity contribution >= 4 is 41.0 Å². The van der Waals surface area contributed by atoms with Crippen LogP contribution >= 0.6 is 0 Å². The summed E-state index contributed by atoms with van der Waals surface area (Å²) in [6.45, 7) is 12.6. The molecule has 0 radical (unpaired) electrons. The fourth-order valence-corrected chi connectivity index (χ4v) is 5.80. The molecule has 4 rings (SSSR count). The molecule has 5 amide bonds. The zero-order valence-electron chi connectivity index (χ0n) is 28.4. The molecule has 1 aliphatic carbocycles. The van der Waals surface area contributed by atoms with Gasteiger partial charge in [0.15, 0.2) is 5.60 Å². The van der Waals surface area contributed by atoms with Crippen LogP contribution in [0.5, 0.6) is 0 Å². The van der Waals surface area contributed by atoms with Gasteiger partial charge in [-0.1, -0.05) is 69.6 Å². The first kappa shape index (κ1) is 35.6. The lowest BCUT2D eigenvalue weighted by atomic mass is 9.85. The van der Waals surface area contributed by atoms with Gasteiger partial charge >= 0.3 is 6.03 Å².